The number of piperazine rings is 1. The molecule has 1 amide bonds. The number of Topliss-reactive ketones (excluding diaryl/α,β-unsaturated/α-hetero) is 1. The van der Waals surface area contributed by atoms with Gasteiger partial charge in [-0.25, -0.2) is 0 Å². The van der Waals surface area contributed by atoms with Gasteiger partial charge in [0.05, 0.1) is 13.1 Å². The first-order valence-electron chi connectivity index (χ1n) is 5.55. The topological polar surface area (TPSA) is 75.4 Å². The van der Waals surface area contributed by atoms with Crippen LogP contribution in [-0.4, -0.2) is 37.9 Å². The van der Waals surface area contributed by atoms with Gasteiger partial charge in [0.1, 0.15) is 0 Å². The predicted octanol–water partition coefficient (Wildman–Crippen LogP) is -0.236. The van der Waals surface area contributed by atoms with Gasteiger partial charge in [0, 0.05) is 24.3 Å². The summed E-state index contributed by atoms with van der Waals surface area (Å²) < 4.78 is 0. The summed E-state index contributed by atoms with van der Waals surface area (Å²) in [6, 6.07) is 7.19. The standard InChI is InChI=1S/C12H15N3O2/c13-7-11(16)9-1-3-10(4-2-9)15-6-5-14-12(17)8-15/h1-4H,5-8,13H2,(H,14,17). The lowest BCUT2D eigenvalue weighted by molar-refractivity contribution is -0.120. The maximum Gasteiger partial charge on any atom is 0.239 e. The normalized spacial score (nSPS) is 15.6. The zero-order valence-electron chi connectivity index (χ0n) is 9.48. The van der Waals surface area contributed by atoms with Crippen LogP contribution >= 0.6 is 0 Å². The molecule has 0 bridgehead atoms. The van der Waals surface area contributed by atoms with E-state index in [0.717, 1.165) is 12.2 Å². The molecule has 1 aliphatic heterocycles. The van der Waals surface area contributed by atoms with Crippen LogP contribution in [0, 0.1) is 0 Å². The van der Waals surface area contributed by atoms with Crippen molar-refractivity contribution < 1.29 is 9.59 Å². The highest BCUT2D eigenvalue weighted by atomic mass is 16.2. The smallest absolute Gasteiger partial charge is 0.239 e. The first-order valence-corrected chi connectivity index (χ1v) is 5.55. The summed E-state index contributed by atoms with van der Waals surface area (Å²) in [7, 11) is 0. The number of benzene rings is 1. The Morgan fingerprint density at radius 1 is 1.35 bits per heavy atom. The summed E-state index contributed by atoms with van der Waals surface area (Å²) in [5, 5.41) is 2.77. The molecule has 0 spiro atoms. The minimum atomic E-state index is -0.0760. The maximum atomic E-state index is 11.4. The van der Waals surface area contributed by atoms with E-state index in [1.807, 2.05) is 17.0 Å². The molecule has 17 heavy (non-hydrogen) atoms. The van der Waals surface area contributed by atoms with Gasteiger partial charge < -0.3 is 16.0 Å². The molecule has 90 valence electrons. The lowest BCUT2D eigenvalue weighted by Gasteiger charge is -2.28. The molecule has 5 heteroatoms. The van der Waals surface area contributed by atoms with Crippen LogP contribution in [0.15, 0.2) is 24.3 Å². The lowest BCUT2D eigenvalue weighted by atomic mass is 10.1. The van der Waals surface area contributed by atoms with E-state index < -0.39 is 0 Å². The summed E-state index contributed by atoms with van der Waals surface area (Å²) in [4.78, 5) is 24.6. The zero-order chi connectivity index (χ0) is 12.3. The van der Waals surface area contributed by atoms with E-state index in [1.54, 1.807) is 12.1 Å². The molecule has 3 N–H and O–H groups in total. The number of hydrogen-bond donors (Lipinski definition) is 2. The van der Waals surface area contributed by atoms with Gasteiger partial charge >= 0.3 is 0 Å². The highest BCUT2D eigenvalue weighted by Crippen LogP contribution is 2.16. The molecule has 2 rings (SSSR count). The molecule has 1 aromatic carbocycles. The molecule has 0 aliphatic carbocycles. The minimum absolute atomic E-state index is 0.0193. The van der Waals surface area contributed by atoms with Crippen LogP contribution in [0.1, 0.15) is 10.4 Å². The monoisotopic (exact) mass is 233 g/mol. The highest BCUT2D eigenvalue weighted by molar-refractivity contribution is 5.97. The Morgan fingerprint density at radius 3 is 2.65 bits per heavy atom. The molecule has 1 heterocycles. The van der Waals surface area contributed by atoms with Crippen LogP contribution in [0.3, 0.4) is 0 Å². The Labute approximate surface area is 99.6 Å². The van der Waals surface area contributed by atoms with Crippen molar-refractivity contribution in [3.05, 3.63) is 29.8 Å². The van der Waals surface area contributed by atoms with Crippen molar-refractivity contribution >= 4 is 17.4 Å². The lowest BCUT2D eigenvalue weighted by Crippen LogP contribution is -2.47. The summed E-state index contributed by atoms with van der Waals surface area (Å²) in [6.45, 7) is 1.83. The van der Waals surface area contributed by atoms with Crippen LogP contribution < -0.4 is 16.0 Å². The SMILES string of the molecule is NCC(=O)c1ccc(N2CCNC(=O)C2)cc1. The third kappa shape index (κ3) is 2.62. The van der Waals surface area contributed by atoms with Crippen LogP contribution in [-0.2, 0) is 4.79 Å². The number of hydrogen-bond acceptors (Lipinski definition) is 4. The summed E-state index contributed by atoms with van der Waals surface area (Å²) in [5.74, 6) is -0.0497. The third-order valence-electron chi connectivity index (χ3n) is 2.78. The number of nitrogens with zero attached hydrogens (tertiary/aromatic N) is 1. The highest BCUT2D eigenvalue weighted by Gasteiger charge is 2.16. The van der Waals surface area contributed by atoms with Crippen molar-refractivity contribution in [1.82, 2.24) is 5.32 Å². The van der Waals surface area contributed by atoms with E-state index in [0.29, 0.717) is 18.7 Å². The number of carbonyl (C=O) groups is 2. The molecule has 0 radical (unpaired) electrons. The van der Waals surface area contributed by atoms with E-state index in [2.05, 4.69) is 5.32 Å². The zero-order valence-corrected chi connectivity index (χ0v) is 9.48. The molecule has 0 atom stereocenters. The van der Waals surface area contributed by atoms with Gasteiger partial charge in [-0.1, -0.05) is 0 Å². The van der Waals surface area contributed by atoms with Gasteiger partial charge in [-0.05, 0) is 24.3 Å². The van der Waals surface area contributed by atoms with Crippen LogP contribution in [0.5, 0.6) is 0 Å². The van der Waals surface area contributed by atoms with Crippen LogP contribution in [0.2, 0.25) is 0 Å². The van der Waals surface area contributed by atoms with Crippen LogP contribution in [0.4, 0.5) is 5.69 Å². The van der Waals surface area contributed by atoms with Crippen molar-refractivity contribution in [1.29, 1.82) is 0 Å². The number of nitrogens with one attached hydrogen (secondary N) is 1. The van der Waals surface area contributed by atoms with E-state index in [4.69, 9.17) is 5.73 Å². The van der Waals surface area contributed by atoms with Gasteiger partial charge in [0.25, 0.3) is 0 Å². The molecule has 0 unspecified atom stereocenters. The average molecular weight is 233 g/mol. The predicted molar refractivity (Wildman–Crippen MR) is 65.0 cm³/mol. The molecular formula is C12H15N3O2. The molecule has 1 fully saturated rings. The molecule has 1 saturated heterocycles. The summed E-state index contributed by atoms with van der Waals surface area (Å²) in [6.07, 6.45) is 0. The largest absolute Gasteiger partial charge is 0.360 e. The van der Waals surface area contributed by atoms with Crippen molar-refractivity contribution in [2.45, 2.75) is 0 Å². The average Bonchev–Trinajstić information content (AvgIpc) is 2.38. The fourth-order valence-electron chi connectivity index (χ4n) is 1.83. The molecule has 1 aromatic rings. The first kappa shape index (κ1) is 11.6. The van der Waals surface area contributed by atoms with Crippen molar-refractivity contribution in [3.63, 3.8) is 0 Å². The summed E-state index contributed by atoms with van der Waals surface area (Å²) in [5.41, 5.74) is 6.85. The Hall–Kier alpha value is -1.88. The number of anilines is 1. The fraction of sp³-hybridized carbons (Fsp3) is 0.333. The number of rotatable bonds is 3. The third-order valence-corrected chi connectivity index (χ3v) is 2.78. The molecule has 1 aliphatic rings. The molecule has 5 nitrogen and oxygen atoms in total. The van der Waals surface area contributed by atoms with E-state index in [-0.39, 0.29) is 18.2 Å². The fourth-order valence-corrected chi connectivity index (χ4v) is 1.83. The van der Waals surface area contributed by atoms with Gasteiger partial charge in [-0.2, -0.15) is 0 Å². The van der Waals surface area contributed by atoms with Crippen molar-refractivity contribution in [2.75, 3.05) is 31.1 Å². The van der Waals surface area contributed by atoms with Crippen molar-refractivity contribution in [2.24, 2.45) is 5.73 Å². The Balaban J connectivity index is 2.12. The maximum absolute atomic E-state index is 11.4. The van der Waals surface area contributed by atoms with Crippen LogP contribution in [0.25, 0.3) is 0 Å². The second-order valence-electron chi connectivity index (χ2n) is 3.95. The Bertz CT molecular complexity index is 428. The number of ketones is 1. The summed E-state index contributed by atoms with van der Waals surface area (Å²) >= 11 is 0. The second kappa shape index (κ2) is 4.97. The Morgan fingerprint density at radius 2 is 2.06 bits per heavy atom. The van der Waals surface area contributed by atoms with E-state index in [9.17, 15) is 9.59 Å². The number of nitrogens with two attached hydrogens (primary N) is 1. The molecule has 0 saturated carbocycles. The quantitative estimate of drug-likeness (QED) is 0.707. The van der Waals surface area contributed by atoms with Gasteiger partial charge in [-0.15, -0.1) is 0 Å². The van der Waals surface area contributed by atoms with Gasteiger partial charge in [-0.3, -0.25) is 9.59 Å². The molecule has 0 aromatic heterocycles. The van der Waals surface area contributed by atoms with E-state index in [1.165, 1.54) is 0 Å². The van der Waals surface area contributed by atoms with Gasteiger partial charge in [0.15, 0.2) is 5.78 Å². The Kier molecular flexibility index (Phi) is 3.39. The van der Waals surface area contributed by atoms with Gasteiger partial charge in [0.2, 0.25) is 5.91 Å². The number of carbonyl (C=O) groups excluding carboxylic acids is 2. The number of amides is 1. The second-order valence-corrected chi connectivity index (χ2v) is 3.95. The minimum Gasteiger partial charge on any atom is -0.360 e. The van der Waals surface area contributed by atoms with E-state index >= 15 is 0 Å². The first-order chi connectivity index (χ1) is 8.20. The van der Waals surface area contributed by atoms with Crippen molar-refractivity contribution in [3.8, 4) is 0 Å². The molecular weight excluding hydrogens is 218 g/mol.